The van der Waals surface area contributed by atoms with E-state index in [4.69, 9.17) is 0 Å². The van der Waals surface area contributed by atoms with Gasteiger partial charge in [-0.25, -0.2) is 0 Å². The van der Waals surface area contributed by atoms with Crippen LogP contribution in [-0.2, 0) is 0 Å². The summed E-state index contributed by atoms with van der Waals surface area (Å²) in [6, 6.07) is 0. The molecule has 0 aliphatic heterocycles. The van der Waals surface area contributed by atoms with Gasteiger partial charge in [0.05, 0.1) is 0 Å². The maximum Gasteiger partial charge on any atom is 0.0115 e. The second-order valence-corrected chi connectivity index (χ2v) is 4.72. The van der Waals surface area contributed by atoms with E-state index in [0.717, 1.165) is 6.54 Å². The van der Waals surface area contributed by atoms with Crippen LogP contribution in [0.1, 0.15) is 41.0 Å². The van der Waals surface area contributed by atoms with Gasteiger partial charge >= 0.3 is 0 Å². The van der Waals surface area contributed by atoms with Crippen LogP contribution in [0.5, 0.6) is 0 Å². The van der Waals surface area contributed by atoms with Gasteiger partial charge in [0, 0.05) is 12.2 Å². The van der Waals surface area contributed by atoms with Gasteiger partial charge in [0.25, 0.3) is 0 Å². The fourth-order valence-electron chi connectivity index (χ4n) is 1.44. The van der Waals surface area contributed by atoms with E-state index in [-0.39, 0.29) is 0 Å². The third-order valence-electron chi connectivity index (χ3n) is 1.92. The maximum atomic E-state index is 4.02. The molecule has 72 valence electrons. The summed E-state index contributed by atoms with van der Waals surface area (Å²) in [5.74, 6) is 0.574. The van der Waals surface area contributed by atoms with Crippen LogP contribution >= 0.6 is 0 Å². The van der Waals surface area contributed by atoms with Gasteiger partial charge in [-0.15, -0.1) is 0 Å². The Morgan fingerprint density at radius 1 is 1.42 bits per heavy atom. The zero-order valence-electron chi connectivity index (χ0n) is 9.20. The molecule has 1 heteroatoms. The van der Waals surface area contributed by atoms with Gasteiger partial charge in [-0.2, -0.15) is 0 Å². The van der Waals surface area contributed by atoms with E-state index in [9.17, 15) is 0 Å². The Labute approximate surface area is 77.2 Å². The molecule has 0 saturated heterocycles. The lowest BCUT2D eigenvalue weighted by Crippen LogP contribution is -2.21. The molecule has 0 aliphatic carbocycles. The first-order valence-electron chi connectivity index (χ1n) is 4.79. The molecule has 0 aliphatic rings. The minimum absolute atomic E-state index is 0.401. The van der Waals surface area contributed by atoms with Crippen LogP contribution in [0.4, 0.5) is 0 Å². The fraction of sp³-hybridized carbons (Fsp3) is 0.818. The summed E-state index contributed by atoms with van der Waals surface area (Å²) in [6.45, 7) is 16.1. The maximum absolute atomic E-state index is 4.02. The molecule has 0 aromatic rings. The Bertz CT molecular complexity index is 142. The molecule has 1 unspecified atom stereocenters. The summed E-state index contributed by atoms with van der Waals surface area (Å²) in [5, 5.41) is 3.27. The molecule has 0 heterocycles. The summed E-state index contributed by atoms with van der Waals surface area (Å²) in [4.78, 5) is 0. The number of allylic oxidation sites excluding steroid dienone is 1. The molecule has 0 spiro atoms. The Kier molecular flexibility index (Phi) is 4.36. The average Bonchev–Trinajstić information content (AvgIpc) is 1.84. The van der Waals surface area contributed by atoms with Gasteiger partial charge in [-0.3, -0.25) is 0 Å². The molecule has 0 rings (SSSR count). The average molecular weight is 169 g/mol. The molecule has 0 bridgehead atoms. The van der Waals surface area contributed by atoms with Crippen LogP contribution in [0.3, 0.4) is 0 Å². The minimum Gasteiger partial charge on any atom is -0.389 e. The van der Waals surface area contributed by atoms with E-state index in [1.165, 1.54) is 12.1 Å². The predicted molar refractivity (Wildman–Crippen MR) is 56.1 cm³/mol. The van der Waals surface area contributed by atoms with Crippen LogP contribution in [0, 0.1) is 11.3 Å². The van der Waals surface area contributed by atoms with Gasteiger partial charge in [0.15, 0.2) is 0 Å². The number of hydrogen-bond acceptors (Lipinski definition) is 1. The van der Waals surface area contributed by atoms with Crippen molar-refractivity contribution in [2.75, 3.05) is 6.54 Å². The van der Waals surface area contributed by atoms with Gasteiger partial charge in [-0.1, -0.05) is 34.3 Å². The van der Waals surface area contributed by atoms with Crippen LogP contribution < -0.4 is 5.32 Å². The second-order valence-electron chi connectivity index (χ2n) is 4.72. The first kappa shape index (κ1) is 11.5. The SMILES string of the molecule is C=C(NCC)C(C)CC(C)(C)C. The molecular weight excluding hydrogens is 146 g/mol. The van der Waals surface area contributed by atoms with Crippen molar-refractivity contribution in [1.29, 1.82) is 0 Å². The predicted octanol–water partition coefficient (Wildman–Crippen LogP) is 3.18. The van der Waals surface area contributed by atoms with Crippen LogP contribution in [-0.4, -0.2) is 6.54 Å². The first-order valence-corrected chi connectivity index (χ1v) is 4.79. The van der Waals surface area contributed by atoms with Crippen molar-refractivity contribution < 1.29 is 0 Å². The molecule has 1 atom stereocenters. The lowest BCUT2D eigenvalue weighted by atomic mass is 9.84. The smallest absolute Gasteiger partial charge is 0.0115 e. The normalized spacial score (nSPS) is 14.1. The largest absolute Gasteiger partial charge is 0.389 e. The molecule has 0 amide bonds. The molecular formula is C11H23N. The standard InChI is InChI=1S/C11H23N/c1-7-12-10(3)9(2)8-11(4,5)6/h9,12H,3,7-8H2,1-2,4-6H3. The monoisotopic (exact) mass is 169 g/mol. The molecule has 0 aromatic heterocycles. The number of nitrogens with one attached hydrogen (secondary N) is 1. The zero-order chi connectivity index (χ0) is 9.78. The van der Waals surface area contributed by atoms with Crippen molar-refractivity contribution in [3.05, 3.63) is 12.3 Å². The highest BCUT2D eigenvalue weighted by atomic mass is 14.9. The van der Waals surface area contributed by atoms with Crippen molar-refractivity contribution in [2.45, 2.75) is 41.0 Å². The van der Waals surface area contributed by atoms with Crippen LogP contribution in [0.2, 0.25) is 0 Å². The Morgan fingerprint density at radius 3 is 2.25 bits per heavy atom. The molecule has 0 fully saturated rings. The van der Waals surface area contributed by atoms with E-state index in [1.54, 1.807) is 0 Å². The van der Waals surface area contributed by atoms with Gasteiger partial charge in [-0.05, 0) is 24.7 Å². The highest BCUT2D eigenvalue weighted by molar-refractivity contribution is 4.97. The first-order chi connectivity index (χ1) is 5.37. The number of hydrogen-bond donors (Lipinski definition) is 1. The molecule has 0 radical (unpaired) electrons. The van der Waals surface area contributed by atoms with E-state index < -0.39 is 0 Å². The highest BCUT2D eigenvalue weighted by Crippen LogP contribution is 2.26. The Balaban J connectivity index is 3.87. The van der Waals surface area contributed by atoms with Crippen molar-refractivity contribution in [2.24, 2.45) is 11.3 Å². The summed E-state index contributed by atoms with van der Waals surface area (Å²) in [7, 11) is 0. The molecule has 1 N–H and O–H groups in total. The van der Waals surface area contributed by atoms with Gasteiger partial charge < -0.3 is 5.32 Å². The molecule has 1 nitrogen and oxygen atoms in total. The molecule has 0 saturated carbocycles. The lowest BCUT2D eigenvalue weighted by Gasteiger charge is -2.25. The van der Waals surface area contributed by atoms with E-state index in [1.807, 2.05) is 0 Å². The van der Waals surface area contributed by atoms with Crippen molar-refractivity contribution in [1.82, 2.24) is 5.32 Å². The number of rotatable bonds is 4. The Morgan fingerprint density at radius 2 is 1.92 bits per heavy atom. The second kappa shape index (κ2) is 4.54. The van der Waals surface area contributed by atoms with Crippen molar-refractivity contribution in [3.63, 3.8) is 0 Å². The molecule has 0 aromatic carbocycles. The summed E-state index contributed by atoms with van der Waals surface area (Å²) in [5.41, 5.74) is 1.57. The summed E-state index contributed by atoms with van der Waals surface area (Å²) < 4.78 is 0. The quantitative estimate of drug-likeness (QED) is 0.681. The van der Waals surface area contributed by atoms with E-state index >= 15 is 0 Å². The lowest BCUT2D eigenvalue weighted by molar-refractivity contribution is 0.323. The summed E-state index contributed by atoms with van der Waals surface area (Å²) in [6.07, 6.45) is 1.19. The summed E-state index contributed by atoms with van der Waals surface area (Å²) >= 11 is 0. The minimum atomic E-state index is 0.401. The van der Waals surface area contributed by atoms with Gasteiger partial charge in [0.2, 0.25) is 0 Å². The van der Waals surface area contributed by atoms with Gasteiger partial charge in [0.1, 0.15) is 0 Å². The molecule has 12 heavy (non-hydrogen) atoms. The fourth-order valence-corrected chi connectivity index (χ4v) is 1.44. The van der Waals surface area contributed by atoms with E-state index in [2.05, 4.69) is 46.5 Å². The van der Waals surface area contributed by atoms with Crippen LogP contribution in [0.15, 0.2) is 12.3 Å². The third-order valence-corrected chi connectivity index (χ3v) is 1.92. The topological polar surface area (TPSA) is 12.0 Å². The third kappa shape index (κ3) is 5.22. The highest BCUT2D eigenvalue weighted by Gasteiger charge is 2.16. The van der Waals surface area contributed by atoms with E-state index in [0.29, 0.717) is 11.3 Å². The zero-order valence-corrected chi connectivity index (χ0v) is 9.20. The van der Waals surface area contributed by atoms with Crippen molar-refractivity contribution in [3.8, 4) is 0 Å². The Hall–Kier alpha value is -0.460. The van der Waals surface area contributed by atoms with Crippen LogP contribution in [0.25, 0.3) is 0 Å². The van der Waals surface area contributed by atoms with Crippen molar-refractivity contribution >= 4 is 0 Å².